The van der Waals surface area contributed by atoms with Crippen LogP contribution in [0.2, 0.25) is 0 Å². The topological polar surface area (TPSA) is 32.7 Å². The van der Waals surface area contributed by atoms with Crippen molar-refractivity contribution >= 4 is 0 Å². The minimum Gasteiger partial charge on any atom is -0.393 e. The highest BCUT2D eigenvalue weighted by Crippen LogP contribution is 2.35. The Balaban J connectivity index is 2.19. The molecule has 1 fully saturated rings. The molecule has 0 radical (unpaired) electrons. The van der Waals surface area contributed by atoms with Gasteiger partial charge in [-0.3, -0.25) is 4.90 Å². The minimum absolute atomic E-state index is 0.150. The van der Waals surface area contributed by atoms with Crippen molar-refractivity contribution in [2.75, 3.05) is 26.8 Å². The fourth-order valence-corrected chi connectivity index (χ4v) is 2.36. The van der Waals surface area contributed by atoms with Gasteiger partial charge in [-0.2, -0.15) is 0 Å². The molecule has 0 aromatic carbocycles. The first-order valence-corrected chi connectivity index (χ1v) is 7.06. The van der Waals surface area contributed by atoms with Crippen molar-refractivity contribution in [2.45, 2.75) is 58.1 Å². The zero-order valence-electron chi connectivity index (χ0n) is 11.7. The van der Waals surface area contributed by atoms with Crippen LogP contribution in [0.1, 0.15) is 46.0 Å². The lowest BCUT2D eigenvalue weighted by Crippen LogP contribution is -2.37. The van der Waals surface area contributed by atoms with Crippen molar-refractivity contribution in [3.8, 4) is 0 Å². The quantitative estimate of drug-likeness (QED) is 0.598. The highest BCUT2D eigenvalue weighted by atomic mass is 16.5. The van der Waals surface area contributed by atoms with E-state index in [-0.39, 0.29) is 6.10 Å². The van der Waals surface area contributed by atoms with Crippen LogP contribution in [0.15, 0.2) is 0 Å². The number of aliphatic hydroxyl groups is 1. The second-order valence-electron chi connectivity index (χ2n) is 5.45. The molecule has 1 N–H and O–H groups in total. The van der Waals surface area contributed by atoms with E-state index in [0.717, 1.165) is 38.5 Å². The van der Waals surface area contributed by atoms with E-state index in [4.69, 9.17) is 4.74 Å². The van der Waals surface area contributed by atoms with Crippen LogP contribution in [0.25, 0.3) is 0 Å². The van der Waals surface area contributed by atoms with Gasteiger partial charge in [0.15, 0.2) is 0 Å². The van der Waals surface area contributed by atoms with Gasteiger partial charge in [-0.15, -0.1) is 0 Å². The first-order chi connectivity index (χ1) is 8.15. The summed E-state index contributed by atoms with van der Waals surface area (Å²) >= 11 is 0. The number of methoxy groups -OCH3 is 1. The fourth-order valence-electron chi connectivity index (χ4n) is 2.36. The summed E-state index contributed by atoms with van der Waals surface area (Å²) in [6.45, 7) is 7.24. The summed E-state index contributed by atoms with van der Waals surface area (Å²) in [4.78, 5) is 2.56. The van der Waals surface area contributed by atoms with E-state index in [0.29, 0.717) is 6.04 Å². The molecule has 0 saturated heterocycles. The van der Waals surface area contributed by atoms with Gasteiger partial charge in [0.2, 0.25) is 0 Å². The van der Waals surface area contributed by atoms with E-state index in [9.17, 15) is 5.11 Å². The van der Waals surface area contributed by atoms with Gasteiger partial charge in [-0.25, -0.2) is 0 Å². The molecule has 0 amide bonds. The van der Waals surface area contributed by atoms with Gasteiger partial charge in [0.25, 0.3) is 0 Å². The van der Waals surface area contributed by atoms with Gasteiger partial charge < -0.3 is 9.84 Å². The van der Waals surface area contributed by atoms with Crippen LogP contribution in [-0.4, -0.2) is 49.0 Å². The van der Waals surface area contributed by atoms with Gasteiger partial charge in [0, 0.05) is 19.7 Å². The van der Waals surface area contributed by atoms with Gasteiger partial charge >= 0.3 is 0 Å². The molecule has 1 aliphatic carbocycles. The molecule has 102 valence electrons. The molecule has 1 aliphatic rings. The Kier molecular flexibility index (Phi) is 7.09. The van der Waals surface area contributed by atoms with Gasteiger partial charge in [0.1, 0.15) is 0 Å². The lowest BCUT2D eigenvalue weighted by Gasteiger charge is -2.29. The molecule has 1 saturated carbocycles. The normalized spacial score (nSPS) is 19.6. The summed E-state index contributed by atoms with van der Waals surface area (Å²) in [7, 11) is 1.77. The summed E-state index contributed by atoms with van der Waals surface area (Å²) < 4.78 is 5.19. The first-order valence-electron chi connectivity index (χ1n) is 7.06. The molecular weight excluding hydrogens is 214 g/mol. The lowest BCUT2D eigenvalue weighted by molar-refractivity contribution is 0.113. The van der Waals surface area contributed by atoms with Crippen LogP contribution >= 0.6 is 0 Å². The Morgan fingerprint density at radius 3 is 2.47 bits per heavy atom. The average Bonchev–Trinajstić information content (AvgIpc) is 3.10. The maximum atomic E-state index is 9.23. The smallest absolute Gasteiger partial charge is 0.0589 e. The fraction of sp³-hybridized carbons (Fsp3) is 1.00. The molecule has 3 nitrogen and oxygen atoms in total. The van der Waals surface area contributed by atoms with Crippen LogP contribution in [-0.2, 0) is 4.74 Å². The Labute approximate surface area is 106 Å². The molecule has 0 aromatic rings. The van der Waals surface area contributed by atoms with Crippen LogP contribution in [0.5, 0.6) is 0 Å². The maximum Gasteiger partial charge on any atom is 0.0589 e. The van der Waals surface area contributed by atoms with E-state index in [1.165, 1.54) is 19.3 Å². The largest absolute Gasteiger partial charge is 0.393 e. The van der Waals surface area contributed by atoms with E-state index in [1.807, 2.05) is 6.92 Å². The van der Waals surface area contributed by atoms with E-state index < -0.39 is 0 Å². The van der Waals surface area contributed by atoms with Crippen LogP contribution in [0, 0.1) is 5.92 Å². The van der Waals surface area contributed by atoms with Gasteiger partial charge in [-0.05, 0) is 58.4 Å². The molecule has 2 unspecified atom stereocenters. The zero-order valence-corrected chi connectivity index (χ0v) is 11.7. The predicted molar refractivity (Wildman–Crippen MR) is 71.2 cm³/mol. The number of ether oxygens (including phenoxy) is 1. The third-order valence-electron chi connectivity index (χ3n) is 3.78. The highest BCUT2D eigenvalue weighted by molar-refractivity contribution is 4.85. The van der Waals surface area contributed by atoms with Crippen molar-refractivity contribution in [3.05, 3.63) is 0 Å². The summed E-state index contributed by atoms with van der Waals surface area (Å²) in [5.41, 5.74) is 0. The van der Waals surface area contributed by atoms with Crippen LogP contribution < -0.4 is 0 Å². The van der Waals surface area contributed by atoms with Crippen LogP contribution in [0.4, 0.5) is 0 Å². The summed E-state index contributed by atoms with van der Waals surface area (Å²) in [6.07, 6.45) is 5.89. The SMILES string of the molecule is COCCN(CCCCC(C)O)C(C)C1CC1. The third-order valence-corrected chi connectivity index (χ3v) is 3.78. The number of nitrogens with zero attached hydrogens (tertiary/aromatic N) is 1. The molecule has 0 spiro atoms. The Morgan fingerprint density at radius 2 is 1.94 bits per heavy atom. The number of aliphatic hydroxyl groups excluding tert-OH is 1. The monoisotopic (exact) mass is 243 g/mol. The molecule has 0 heterocycles. The average molecular weight is 243 g/mol. The molecule has 0 aromatic heterocycles. The molecule has 0 bridgehead atoms. The second kappa shape index (κ2) is 8.06. The molecule has 0 aliphatic heterocycles. The molecular formula is C14H29NO2. The van der Waals surface area contributed by atoms with Crippen molar-refractivity contribution in [1.82, 2.24) is 4.90 Å². The molecule has 2 atom stereocenters. The second-order valence-corrected chi connectivity index (χ2v) is 5.45. The van der Waals surface area contributed by atoms with Crippen LogP contribution in [0.3, 0.4) is 0 Å². The van der Waals surface area contributed by atoms with Crippen molar-refractivity contribution in [1.29, 1.82) is 0 Å². The Hall–Kier alpha value is -0.120. The molecule has 1 rings (SSSR count). The number of hydrogen-bond donors (Lipinski definition) is 1. The standard InChI is InChI=1S/C14H29NO2/c1-12(16)6-4-5-9-15(10-11-17-3)13(2)14-7-8-14/h12-14,16H,4-11H2,1-3H3. The predicted octanol–water partition coefficient (Wildman–Crippen LogP) is 2.28. The van der Waals surface area contributed by atoms with Crippen molar-refractivity contribution < 1.29 is 9.84 Å². The van der Waals surface area contributed by atoms with E-state index >= 15 is 0 Å². The molecule has 17 heavy (non-hydrogen) atoms. The first kappa shape index (κ1) is 14.9. The minimum atomic E-state index is -0.150. The zero-order chi connectivity index (χ0) is 12.7. The number of hydrogen-bond acceptors (Lipinski definition) is 3. The number of unbranched alkanes of at least 4 members (excludes halogenated alkanes) is 1. The van der Waals surface area contributed by atoms with Crippen molar-refractivity contribution in [2.24, 2.45) is 5.92 Å². The van der Waals surface area contributed by atoms with E-state index in [1.54, 1.807) is 7.11 Å². The summed E-state index contributed by atoms with van der Waals surface area (Å²) in [5.74, 6) is 0.920. The van der Waals surface area contributed by atoms with E-state index in [2.05, 4.69) is 11.8 Å². The molecule has 3 heteroatoms. The highest BCUT2D eigenvalue weighted by Gasteiger charge is 2.31. The van der Waals surface area contributed by atoms with Gasteiger partial charge in [-0.1, -0.05) is 0 Å². The summed E-state index contributed by atoms with van der Waals surface area (Å²) in [6, 6.07) is 0.705. The Morgan fingerprint density at radius 1 is 1.24 bits per heavy atom. The van der Waals surface area contributed by atoms with Crippen molar-refractivity contribution in [3.63, 3.8) is 0 Å². The third kappa shape index (κ3) is 6.39. The van der Waals surface area contributed by atoms with Gasteiger partial charge in [0.05, 0.1) is 12.7 Å². The number of rotatable bonds is 10. The Bertz CT molecular complexity index is 193. The maximum absolute atomic E-state index is 9.23. The lowest BCUT2D eigenvalue weighted by atomic mass is 10.1. The summed E-state index contributed by atoms with van der Waals surface area (Å²) in [5, 5.41) is 9.23.